The van der Waals surface area contributed by atoms with Crippen LogP contribution in [0.1, 0.15) is 26.2 Å². The lowest BCUT2D eigenvalue weighted by Crippen LogP contribution is -2.56. The fourth-order valence-electron chi connectivity index (χ4n) is 5.02. The zero-order valence-corrected chi connectivity index (χ0v) is 22.3. The maximum Gasteiger partial charge on any atom is 0.502 e. The zero-order chi connectivity index (χ0) is 28.5. The molecule has 1 heterocycles. The highest BCUT2D eigenvalue weighted by molar-refractivity contribution is 7.89. The lowest BCUT2D eigenvalue weighted by molar-refractivity contribution is -0.216. The number of carbonyl (C=O) groups is 1. The number of anilines is 2. The number of rotatable bonds is 8. The fourth-order valence-corrected chi connectivity index (χ4v) is 6.30. The SMILES string of the molecule is CCOC(=O)C(F)(F)Oc1ccc(S(=O)(=O)N[C@@H]2CCC[C@H](N3c4ccccc4Oc4ccccc43)[C@H]2O)cc1. The molecule has 3 aromatic carbocycles. The summed E-state index contributed by atoms with van der Waals surface area (Å²) in [5.74, 6) is -1.00. The number of nitrogens with one attached hydrogen (secondary N) is 1. The number of carbonyl (C=O) groups excluding carboxylic acids is 1. The van der Waals surface area contributed by atoms with Gasteiger partial charge in [-0.05, 0) is 74.7 Å². The first-order valence-corrected chi connectivity index (χ1v) is 14.3. The van der Waals surface area contributed by atoms with Gasteiger partial charge in [-0.25, -0.2) is 17.9 Å². The molecule has 0 saturated heterocycles. The third-order valence-electron chi connectivity index (χ3n) is 6.82. The summed E-state index contributed by atoms with van der Waals surface area (Å²) in [7, 11) is -4.14. The average molecular weight is 575 g/mol. The van der Waals surface area contributed by atoms with Gasteiger partial charge in [0.25, 0.3) is 0 Å². The van der Waals surface area contributed by atoms with Gasteiger partial charge in [0.15, 0.2) is 11.5 Å². The van der Waals surface area contributed by atoms with Gasteiger partial charge in [0, 0.05) is 0 Å². The molecule has 3 aromatic rings. The van der Waals surface area contributed by atoms with Gasteiger partial charge in [-0.1, -0.05) is 24.3 Å². The van der Waals surface area contributed by atoms with Crippen molar-refractivity contribution >= 4 is 27.4 Å². The minimum absolute atomic E-state index is 0.212. The smallest absolute Gasteiger partial charge is 0.459 e. The second-order valence-electron chi connectivity index (χ2n) is 9.43. The number of ether oxygens (including phenoxy) is 3. The van der Waals surface area contributed by atoms with Crippen LogP contribution >= 0.6 is 0 Å². The molecular formula is C28H28F2N2O7S. The lowest BCUT2D eigenvalue weighted by atomic mass is 9.86. The van der Waals surface area contributed by atoms with Crippen LogP contribution in [0, 0.1) is 0 Å². The lowest BCUT2D eigenvalue weighted by Gasteiger charge is -2.44. The fraction of sp³-hybridized carbons (Fsp3) is 0.321. The molecule has 9 nitrogen and oxygen atoms in total. The summed E-state index contributed by atoms with van der Waals surface area (Å²) >= 11 is 0. The molecule has 1 aliphatic carbocycles. The largest absolute Gasteiger partial charge is 0.502 e. The number of fused-ring (bicyclic) bond motifs is 2. The Hall–Kier alpha value is -3.74. The summed E-state index contributed by atoms with van der Waals surface area (Å²) in [6.07, 6.45) is -3.65. The number of halogens is 2. The summed E-state index contributed by atoms with van der Waals surface area (Å²) in [6.45, 7) is 1.13. The molecule has 1 saturated carbocycles. The van der Waals surface area contributed by atoms with E-state index in [2.05, 4.69) is 14.2 Å². The molecule has 1 fully saturated rings. The Bertz CT molecular complexity index is 1440. The maximum atomic E-state index is 13.9. The van der Waals surface area contributed by atoms with Crippen molar-refractivity contribution in [2.24, 2.45) is 0 Å². The Balaban J connectivity index is 1.34. The van der Waals surface area contributed by atoms with Gasteiger partial charge >= 0.3 is 12.1 Å². The molecule has 40 heavy (non-hydrogen) atoms. The predicted molar refractivity (Wildman–Crippen MR) is 142 cm³/mol. The minimum atomic E-state index is -4.23. The van der Waals surface area contributed by atoms with E-state index in [4.69, 9.17) is 4.74 Å². The highest BCUT2D eigenvalue weighted by atomic mass is 32.2. The standard InChI is InChI=1S/C28H28F2N2O7S/c1-2-37-27(34)28(29,30)39-18-14-16-19(17-15-18)40(35,36)31-20-8-7-11-23(26(20)33)32-21-9-3-5-12-24(21)38-25-13-6-4-10-22(25)32/h3-6,9-10,12-17,20,23,26,31,33H,2,7-8,11H2,1H3/t20-,23+,26+/m1/s1. The Morgan fingerprint density at radius 1 is 1.02 bits per heavy atom. The number of hydrogen-bond acceptors (Lipinski definition) is 8. The summed E-state index contributed by atoms with van der Waals surface area (Å²) < 4.78 is 71.5. The van der Waals surface area contributed by atoms with Crippen molar-refractivity contribution in [3.05, 3.63) is 72.8 Å². The first kappa shape index (κ1) is 27.8. The molecule has 1 aliphatic heterocycles. The van der Waals surface area contributed by atoms with Crippen LogP contribution in [0.4, 0.5) is 20.2 Å². The van der Waals surface area contributed by atoms with E-state index in [1.807, 2.05) is 53.4 Å². The Kier molecular flexibility index (Phi) is 7.67. The molecule has 2 aliphatic rings. The topological polar surface area (TPSA) is 114 Å². The number of alkyl halides is 2. The van der Waals surface area contributed by atoms with Gasteiger partial charge in [0.05, 0.1) is 41.1 Å². The van der Waals surface area contributed by atoms with Crippen LogP contribution in [0.5, 0.6) is 17.2 Å². The average Bonchev–Trinajstić information content (AvgIpc) is 2.93. The number of hydrogen-bond donors (Lipinski definition) is 2. The van der Waals surface area contributed by atoms with Crippen LogP contribution in [0.3, 0.4) is 0 Å². The molecule has 0 aromatic heterocycles. The Morgan fingerprint density at radius 2 is 1.62 bits per heavy atom. The van der Waals surface area contributed by atoms with Gasteiger partial charge in [0.2, 0.25) is 10.0 Å². The van der Waals surface area contributed by atoms with E-state index < -0.39 is 46.0 Å². The van der Waals surface area contributed by atoms with Crippen LogP contribution in [0.25, 0.3) is 0 Å². The van der Waals surface area contributed by atoms with Gasteiger partial charge < -0.3 is 24.2 Å². The van der Waals surface area contributed by atoms with Crippen molar-refractivity contribution in [2.75, 3.05) is 11.5 Å². The summed E-state index contributed by atoms with van der Waals surface area (Å²) in [5.41, 5.74) is 1.54. The van der Waals surface area contributed by atoms with Crippen molar-refractivity contribution in [3.63, 3.8) is 0 Å². The van der Waals surface area contributed by atoms with Gasteiger partial charge in [-0.15, -0.1) is 0 Å². The highest BCUT2D eigenvalue weighted by Gasteiger charge is 2.44. The van der Waals surface area contributed by atoms with E-state index in [0.29, 0.717) is 30.8 Å². The molecule has 0 unspecified atom stereocenters. The van der Waals surface area contributed by atoms with E-state index in [-0.39, 0.29) is 11.5 Å². The van der Waals surface area contributed by atoms with Crippen molar-refractivity contribution in [2.45, 2.75) is 55.4 Å². The van der Waals surface area contributed by atoms with Crippen LogP contribution in [-0.2, 0) is 19.6 Å². The van der Waals surface area contributed by atoms with Crippen molar-refractivity contribution in [3.8, 4) is 17.2 Å². The van der Waals surface area contributed by atoms with E-state index in [0.717, 1.165) is 35.6 Å². The predicted octanol–water partition coefficient (Wildman–Crippen LogP) is 4.73. The number of aliphatic hydroxyl groups is 1. The quantitative estimate of drug-likeness (QED) is 0.372. The summed E-state index contributed by atoms with van der Waals surface area (Å²) in [5, 5.41) is 11.5. The molecule has 0 spiro atoms. The third kappa shape index (κ3) is 5.47. The van der Waals surface area contributed by atoms with Crippen molar-refractivity contribution in [1.29, 1.82) is 0 Å². The second-order valence-corrected chi connectivity index (χ2v) is 11.1. The van der Waals surface area contributed by atoms with Crippen LogP contribution in [-0.4, -0.2) is 50.4 Å². The molecule has 12 heteroatoms. The Morgan fingerprint density at radius 3 is 2.23 bits per heavy atom. The number of esters is 1. The van der Waals surface area contributed by atoms with E-state index >= 15 is 0 Å². The number of sulfonamides is 1. The number of aliphatic hydroxyl groups excluding tert-OH is 1. The monoisotopic (exact) mass is 574 g/mol. The van der Waals surface area contributed by atoms with Gasteiger partial charge in [-0.3, -0.25) is 0 Å². The van der Waals surface area contributed by atoms with Crippen molar-refractivity contribution < 1.29 is 41.3 Å². The molecule has 2 N–H and O–H groups in total. The van der Waals surface area contributed by atoms with Gasteiger partial charge in [0.1, 0.15) is 5.75 Å². The Labute approximate surface area is 230 Å². The van der Waals surface area contributed by atoms with Crippen molar-refractivity contribution in [1.82, 2.24) is 4.72 Å². The summed E-state index contributed by atoms with van der Waals surface area (Å²) in [4.78, 5) is 13.2. The number of nitrogens with zero attached hydrogens (tertiary/aromatic N) is 1. The second kappa shape index (κ2) is 11.0. The molecule has 0 amide bonds. The molecule has 0 radical (unpaired) electrons. The third-order valence-corrected chi connectivity index (χ3v) is 8.33. The number of benzene rings is 3. The normalized spacial score (nSPS) is 20.6. The first-order chi connectivity index (χ1) is 19.1. The maximum absolute atomic E-state index is 13.9. The molecular weight excluding hydrogens is 546 g/mol. The zero-order valence-electron chi connectivity index (χ0n) is 21.5. The molecule has 212 valence electrons. The first-order valence-electron chi connectivity index (χ1n) is 12.8. The van der Waals surface area contributed by atoms with Gasteiger partial charge in [-0.2, -0.15) is 8.78 Å². The van der Waals surface area contributed by atoms with Crippen LogP contribution in [0.2, 0.25) is 0 Å². The van der Waals surface area contributed by atoms with E-state index in [1.165, 1.54) is 6.92 Å². The van der Waals surface area contributed by atoms with Crippen LogP contribution < -0.4 is 19.1 Å². The molecule has 0 bridgehead atoms. The molecule has 3 atom stereocenters. The minimum Gasteiger partial charge on any atom is -0.459 e. The van der Waals surface area contributed by atoms with E-state index in [9.17, 15) is 27.1 Å². The van der Waals surface area contributed by atoms with E-state index in [1.54, 1.807) is 0 Å². The summed E-state index contributed by atoms with van der Waals surface area (Å²) in [6, 6.07) is 17.8. The number of para-hydroxylation sites is 4. The molecule has 5 rings (SSSR count). The highest BCUT2D eigenvalue weighted by Crippen LogP contribution is 2.49. The van der Waals surface area contributed by atoms with Crippen LogP contribution in [0.15, 0.2) is 77.7 Å².